The molecule has 1 amide bonds. The molecule has 3 aromatic carbocycles. The fourth-order valence-electron chi connectivity index (χ4n) is 3.11. The van der Waals surface area contributed by atoms with Crippen LogP contribution in [0.1, 0.15) is 24.1 Å². The average molecular weight is 463 g/mol. The first-order valence-electron chi connectivity index (χ1n) is 9.29. The fourth-order valence-corrected chi connectivity index (χ4v) is 4.44. The van der Waals surface area contributed by atoms with Crippen molar-refractivity contribution in [2.24, 2.45) is 4.99 Å². The molecule has 0 spiro atoms. The van der Waals surface area contributed by atoms with Crippen LogP contribution in [0.5, 0.6) is 0 Å². The third-order valence-corrected chi connectivity index (χ3v) is 6.17. The second-order valence-electron chi connectivity index (χ2n) is 6.65. The lowest BCUT2D eigenvalue weighted by Crippen LogP contribution is -2.32. The predicted molar refractivity (Wildman–Crippen MR) is 125 cm³/mol. The zero-order valence-electron chi connectivity index (χ0n) is 15.8. The zero-order chi connectivity index (χ0) is 20.2. The maximum atomic E-state index is 13.3. The molecular formula is C24H19BrN2OS. The van der Waals surface area contributed by atoms with E-state index in [2.05, 4.69) is 15.9 Å². The quantitative estimate of drug-likeness (QED) is 0.398. The van der Waals surface area contributed by atoms with Crippen LogP contribution >= 0.6 is 27.7 Å². The lowest BCUT2D eigenvalue weighted by molar-refractivity contribution is -0.123. The Hall–Kier alpha value is -2.63. The van der Waals surface area contributed by atoms with Crippen LogP contribution in [-0.4, -0.2) is 16.0 Å². The molecule has 1 heterocycles. The molecule has 5 heteroatoms. The van der Waals surface area contributed by atoms with E-state index in [-0.39, 0.29) is 11.9 Å². The molecule has 0 bridgehead atoms. The first-order chi connectivity index (χ1) is 14.1. The highest BCUT2D eigenvalue weighted by atomic mass is 79.9. The van der Waals surface area contributed by atoms with E-state index in [1.165, 1.54) is 11.8 Å². The molecular weight excluding hydrogens is 444 g/mol. The molecule has 0 aromatic heterocycles. The normalized spacial score (nSPS) is 17.9. The van der Waals surface area contributed by atoms with Crippen LogP contribution < -0.4 is 0 Å². The van der Waals surface area contributed by atoms with E-state index < -0.39 is 0 Å². The second-order valence-corrected chi connectivity index (χ2v) is 8.58. The summed E-state index contributed by atoms with van der Waals surface area (Å²) in [5.41, 5.74) is 2.89. The van der Waals surface area contributed by atoms with Crippen LogP contribution in [0, 0.1) is 0 Å². The van der Waals surface area contributed by atoms with Crippen molar-refractivity contribution in [3.8, 4) is 0 Å². The van der Waals surface area contributed by atoms with Crippen LogP contribution in [0.3, 0.4) is 0 Å². The summed E-state index contributed by atoms with van der Waals surface area (Å²) < 4.78 is 1.01. The number of rotatable bonds is 4. The van der Waals surface area contributed by atoms with Gasteiger partial charge in [0.05, 0.1) is 16.6 Å². The first kappa shape index (κ1) is 19.7. The van der Waals surface area contributed by atoms with Crippen LogP contribution in [0.25, 0.3) is 6.08 Å². The number of halogens is 1. The molecule has 1 aliphatic rings. The van der Waals surface area contributed by atoms with E-state index in [0.717, 1.165) is 21.3 Å². The summed E-state index contributed by atoms with van der Waals surface area (Å²) >= 11 is 4.87. The summed E-state index contributed by atoms with van der Waals surface area (Å²) in [5.74, 6) is -0.0241. The summed E-state index contributed by atoms with van der Waals surface area (Å²) in [7, 11) is 0. The molecule has 1 saturated heterocycles. The number of carbonyl (C=O) groups is 1. The van der Waals surface area contributed by atoms with Gasteiger partial charge in [-0.25, -0.2) is 4.99 Å². The molecule has 4 rings (SSSR count). The monoisotopic (exact) mass is 462 g/mol. The van der Waals surface area contributed by atoms with Crippen molar-refractivity contribution in [3.05, 3.63) is 105 Å². The number of benzene rings is 3. The highest BCUT2D eigenvalue weighted by Crippen LogP contribution is 2.39. The molecule has 0 N–H and O–H groups in total. The van der Waals surface area contributed by atoms with Crippen molar-refractivity contribution in [2.45, 2.75) is 13.0 Å². The van der Waals surface area contributed by atoms with Crippen molar-refractivity contribution < 1.29 is 4.79 Å². The average Bonchev–Trinajstić information content (AvgIpc) is 3.05. The van der Waals surface area contributed by atoms with E-state index >= 15 is 0 Å². The van der Waals surface area contributed by atoms with Crippen molar-refractivity contribution in [1.29, 1.82) is 0 Å². The number of aliphatic imine (C=N–C) groups is 1. The molecule has 0 saturated carbocycles. The molecule has 1 aliphatic heterocycles. The standard InChI is InChI=1S/C24H19BrN2OS/c1-17(19-8-4-2-5-9-19)27-23(28)22(16-18-12-14-20(25)15-13-18)29-24(27)26-21-10-6-3-7-11-21/h2-17H,1H3/b22-16+,26-24?/t17-/m0/s1. The molecule has 29 heavy (non-hydrogen) atoms. The van der Waals surface area contributed by atoms with E-state index in [1.54, 1.807) is 4.90 Å². The van der Waals surface area contributed by atoms with E-state index in [0.29, 0.717) is 10.1 Å². The Bertz CT molecular complexity index is 1060. The minimum absolute atomic E-state index is 0.0241. The van der Waals surface area contributed by atoms with Gasteiger partial charge in [0.2, 0.25) is 0 Å². The molecule has 1 fully saturated rings. The zero-order valence-corrected chi connectivity index (χ0v) is 18.2. The summed E-state index contributed by atoms with van der Waals surface area (Å²) in [6.07, 6.45) is 1.93. The van der Waals surface area contributed by atoms with Crippen molar-refractivity contribution in [3.63, 3.8) is 0 Å². The third-order valence-electron chi connectivity index (χ3n) is 4.65. The van der Waals surface area contributed by atoms with Gasteiger partial charge in [0.25, 0.3) is 5.91 Å². The minimum Gasteiger partial charge on any atom is -0.279 e. The number of nitrogens with zero attached hydrogens (tertiary/aromatic N) is 2. The van der Waals surface area contributed by atoms with Gasteiger partial charge in [-0.3, -0.25) is 9.69 Å². The van der Waals surface area contributed by atoms with Crippen LogP contribution in [-0.2, 0) is 4.79 Å². The minimum atomic E-state index is -0.116. The fraction of sp³-hybridized carbons (Fsp3) is 0.0833. The summed E-state index contributed by atoms with van der Waals surface area (Å²) in [5, 5.41) is 0.695. The maximum absolute atomic E-state index is 13.3. The Morgan fingerprint density at radius 2 is 1.55 bits per heavy atom. The van der Waals surface area contributed by atoms with Crippen LogP contribution in [0.2, 0.25) is 0 Å². The number of hydrogen-bond donors (Lipinski definition) is 0. The smallest absolute Gasteiger partial charge is 0.267 e. The van der Waals surface area contributed by atoms with Gasteiger partial charge >= 0.3 is 0 Å². The van der Waals surface area contributed by atoms with Crippen LogP contribution in [0.15, 0.2) is 99.3 Å². The lowest BCUT2D eigenvalue weighted by atomic mass is 10.1. The molecule has 1 atom stereocenters. The summed E-state index contributed by atoms with van der Waals surface area (Å²) in [4.78, 5) is 20.6. The first-order valence-corrected chi connectivity index (χ1v) is 10.9. The van der Waals surface area contributed by atoms with Gasteiger partial charge in [-0.05, 0) is 60.2 Å². The second kappa shape index (κ2) is 8.80. The van der Waals surface area contributed by atoms with Gasteiger partial charge in [-0.1, -0.05) is 76.6 Å². The Balaban J connectivity index is 1.74. The van der Waals surface area contributed by atoms with Gasteiger partial charge < -0.3 is 0 Å². The SMILES string of the molecule is C[C@@H](c1ccccc1)N1C(=O)/C(=C\c2ccc(Br)cc2)SC1=Nc1ccccc1. The summed E-state index contributed by atoms with van der Waals surface area (Å²) in [6, 6.07) is 27.6. The lowest BCUT2D eigenvalue weighted by Gasteiger charge is -2.24. The van der Waals surface area contributed by atoms with Gasteiger partial charge in [-0.15, -0.1) is 0 Å². The van der Waals surface area contributed by atoms with Gasteiger partial charge in [-0.2, -0.15) is 0 Å². The number of carbonyl (C=O) groups excluding carboxylic acids is 1. The van der Waals surface area contributed by atoms with Crippen molar-refractivity contribution in [1.82, 2.24) is 4.90 Å². The number of amidine groups is 1. The van der Waals surface area contributed by atoms with E-state index in [4.69, 9.17) is 4.99 Å². The Kier molecular flexibility index (Phi) is 5.97. The van der Waals surface area contributed by atoms with Crippen molar-refractivity contribution in [2.75, 3.05) is 0 Å². The number of para-hydroxylation sites is 1. The van der Waals surface area contributed by atoms with E-state index in [9.17, 15) is 4.79 Å². The van der Waals surface area contributed by atoms with Gasteiger partial charge in [0.15, 0.2) is 5.17 Å². The molecule has 0 radical (unpaired) electrons. The van der Waals surface area contributed by atoms with Crippen molar-refractivity contribution >= 4 is 50.5 Å². The largest absolute Gasteiger partial charge is 0.279 e. The number of thioether (sulfide) groups is 1. The van der Waals surface area contributed by atoms with Gasteiger partial charge in [0, 0.05) is 4.47 Å². The highest BCUT2D eigenvalue weighted by Gasteiger charge is 2.37. The summed E-state index contributed by atoms with van der Waals surface area (Å²) in [6.45, 7) is 2.04. The number of hydrogen-bond acceptors (Lipinski definition) is 3. The Morgan fingerprint density at radius 1 is 0.931 bits per heavy atom. The maximum Gasteiger partial charge on any atom is 0.267 e. The van der Waals surface area contributed by atoms with Gasteiger partial charge in [0.1, 0.15) is 0 Å². The third kappa shape index (κ3) is 4.52. The number of amides is 1. The predicted octanol–water partition coefficient (Wildman–Crippen LogP) is 6.81. The molecule has 3 aromatic rings. The topological polar surface area (TPSA) is 32.7 Å². The van der Waals surface area contributed by atoms with E-state index in [1.807, 2.05) is 97.9 Å². The molecule has 0 unspecified atom stereocenters. The highest BCUT2D eigenvalue weighted by molar-refractivity contribution is 9.10. The Labute approximate surface area is 183 Å². The van der Waals surface area contributed by atoms with Crippen LogP contribution in [0.4, 0.5) is 5.69 Å². The molecule has 144 valence electrons. The molecule has 0 aliphatic carbocycles. The Morgan fingerprint density at radius 3 is 2.21 bits per heavy atom. The molecule has 3 nitrogen and oxygen atoms in total.